The van der Waals surface area contributed by atoms with Crippen LogP contribution in [0.25, 0.3) is 0 Å². The molecule has 0 bridgehead atoms. The maximum atomic E-state index is 12.7. The van der Waals surface area contributed by atoms with Crippen molar-refractivity contribution in [1.29, 1.82) is 0 Å². The normalized spacial score (nSPS) is 11.8. The first-order valence-corrected chi connectivity index (χ1v) is 7.01. The number of nitrogens with one attached hydrogen (secondary N) is 2. The zero-order valence-electron chi connectivity index (χ0n) is 12.6. The van der Waals surface area contributed by atoms with Crippen molar-refractivity contribution in [3.8, 4) is 0 Å². The highest BCUT2D eigenvalue weighted by molar-refractivity contribution is 5.47. The van der Waals surface area contributed by atoms with Crippen LogP contribution >= 0.6 is 0 Å². The molecule has 0 radical (unpaired) electrons. The van der Waals surface area contributed by atoms with Crippen LogP contribution in [0.5, 0.6) is 0 Å². The zero-order chi connectivity index (χ0) is 15.9. The van der Waals surface area contributed by atoms with E-state index in [0.717, 1.165) is 26.1 Å². The van der Waals surface area contributed by atoms with Crippen LogP contribution < -0.4 is 10.6 Å². The summed E-state index contributed by atoms with van der Waals surface area (Å²) in [5, 5.41) is 5.53. The maximum absolute atomic E-state index is 12.7. The minimum atomic E-state index is -4.55. The van der Waals surface area contributed by atoms with Gasteiger partial charge in [-0.05, 0) is 26.1 Å². The van der Waals surface area contributed by atoms with Gasteiger partial charge >= 0.3 is 6.18 Å². The molecule has 21 heavy (non-hydrogen) atoms. The van der Waals surface area contributed by atoms with E-state index in [1.165, 1.54) is 13.1 Å². The number of hydrogen-bond donors (Lipinski definition) is 2. The highest BCUT2D eigenvalue weighted by Gasteiger charge is 2.35. The van der Waals surface area contributed by atoms with Crippen molar-refractivity contribution in [1.82, 2.24) is 14.9 Å². The molecule has 0 aliphatic heterocycles. The van der Waals surface area contributed by atoms with Gasteiger partial charge in [-0.25, -0.2) is 9.97 Å². The molecule has 1 heterocycles. The summed E-state index contributed by atoms with van der Waals surface area (Å²) >= 11 is 0. The first-order valence-electron chi connectivity index (χ1n) is 7.01. The molecule has 0 unspecified atom stereocenters. The predicted molar refractivity (Wildman–Crippen MR) is 77.5 cm³/mol. The van der Waals surface area contributed by atoms with E-state index in [1.54, 1.807) is 0 Å². The molecule has 0 fully saturated rings. The zero-order valence-corrected chi connectivity index (χ0v) is 12.6. The Morgan fingerprint density at radius 2 is 1.76 bits per heavy atom. The second-order valence-electron chi connectivity index (χ2n) is 4.52. The van der Waals surface area contributed by atoms with Gasteiger partial charge < -0.3 is 15.5 Å². The molecular weight excluding hydrogens is 283 g/mol. The largest absolute Gasteiger partial charge is 0.451 e. The minimum absolute atomic E-state index is 0.142. The summed E-state index contributed by atoms with van der Waals surface area (Å²) in [7, 11) is 1.52. The van der Waals surface area contributed by atoms with E-state index in [4.69, 9.17) is 0 Å². The molecule has 0 atom stereocenters. The minimum Gasteiger partial charge on any atom is -0.373 e. The van der Waals surface area contributed by atoms with Gasteiger partial charge in [-0.1, -0.05) is 13.8 Å². The number of anilines is 2. The molecule has 8 heteroatoms. The van der Waals surface area contributed by atoms with E-state index in [-0.39, 0.29) is 11.6 Å². The Balaban J connectivity index is 2.62. The van der Waals surface area contributed by atoms with E-state index >= 15 is 0 Å². The number of alkyl halides is 3. The Morgan fingerprint density at radius 1 is 1.14 bits per heavy atom. The average Bonchev–Trinajstić information content (AvgIpc) is 2.46. The van der Waals surface area contributed by atoms with Crippen LogP contribution in [0.4, 0.5) is 24.8 Å². The third-order valence-corrected chi connectivity index (χ3v) is 3.09. The molecular formula is C13H22F3N5. The second kappa shape index (κ2) is 8.02. The van der Waals surface area contributed by atoms with Gasteiger partial charge in [0.1, 0.15) is 11.6 Å². The Kier molecular flexibility index (Phi) is 6.67. The lowest BCUT2D eigenvalue weighted by atomic mass is 10.3. The summed E-state index contributed by atoms with van der Waals surface area (Å²) in [5.74, 6) is -0.814. The summed E-state index contributed by atoms with van der Waals surface area (Å²) in [6, 6.07) is 1.46. The van der Waals surface area contributed by atoms with Crippen molar-refractivity contribution in [3.63, 3.8) is 0 Å². The lowest BCUT2D eigenvalue weighted by molar-refractivity contribution is -0.144. The lowest BCUT2D eigenvalue weighted by Crippen LogP contribution is -2.25. The predicted octanol–water partition coefficient (Wildman–Crippen LogP) is 2.68. The molecule has 0 spiro atoms. The molecule has 0 aromatic carbocycles. The molecule has 0 aliphatic rings. The van der Waals surface area contributed by atoms with Crippen LogP contribution in [0, 0.1) is 0 Å². The van der Waals surface area contributed by atoms with Crippen LogP contribution in [0.15, 0.2) is 6.07 Å². The van der Waals surface area contributed by atoms with E-state index in [2.05, 4.69) is 39.3 Å². The van der Waals surface area contributed by atoms with Gasteiger partial charge in [-0.2, -0.15) is 13.2 Å². The highest BCUT2D eigenvalue weighted by atomic mass is 19.4. The number of nitrogens with zero attached hydrogens (tertiary/aromatic N) is 3. The standard InChI is InChI=1S/C13H22F3N5/c1-4-21(5-2)8-6-7-18-11-9-10(17-3)19-12(20-11)13(14,15)16/h9H,4-8H2,1-3H3,(H2,17,18,19,20). The van der Waals surface area contributed by atoms with E-state index in [9.17, 15) is 13.2 Å². The Bertz CT molecular complexity index is 432. The SMILES string of the molecule is CCN(CC)CCCNc1cc(NC)nc(C(F)(F)F)n1. The second-order valence-corrected chi connectivity index (χ2v) is 4.52. The summed E-state index contributed by atoms with van der Waals surface area (Å²) in [5.41, 5.74) is 0. The fourth-order valence-corrected chi connectivity index (χ4v) is 1.85. The van der Waals surface area contributed by atoms with Gasteiger partial charge in [0.25, 0.3) is 0 Å². The number of aromatic nitrogens is 2. The molecule has 1 rings (SSSR count). The number of halogens is 3. The van der Waals surface area contributed by atoms with Crippen molar-refractivity contribution in [3.05, 3.63) is 11.9 Å². The topological polar surface area (TPSA) is 53.1 Å². The summed E-state index contributed by atoms with van der Waals surface area (Å²) < 4.78 is 38.0. The van der Waals surface area contributed by atoms with Crippen molar-refractivity contribution < 1.29 is 13.2 Å². The summed E-state index contributed by atoms with van der Waals surface area (Å²) in [6.45, 7) is 7.55. The van der Waals surface area contributed by atoms with Crippen molar-refractivity contribution >= 4 is 11.6 Å². The fraction of sp³-hybridized carbons (Fsp3) is 0.692. The molecule has 2 N–H and O–H groups in total. The average molecular weight is 305 g/mol. The van der Waals surface area contributed by atoms with Gasteiger partial charge in [0.05, 0.1) is 0 Å². The third-order valence-electron chi connectivity index (χ3n) is 3.09. The summed E-state index contributed by atoms with van der Waals surface area (Å²) in [4.78, 5) is 9.17. The van der Waals surface area contributed by atoms with Crippen LogP contribution in [0.2, 0.25) is 0 Å². The number of hydrogen-bond acceptors (Lipinski definition) is 5. The smallest absolute Gasteiger partial charge is 0.373 e. The van der Waals surface area contributed by atoms with E-state index in [0.29, 0.717) is 6.54 Å². The van der Waals surface area contributed by atoms with Crippen LogP contribution in [-0.4, -0.2) is 48.1 Å². The van der Waals surface area contributed by atoms with E-state index in [1.807, 2.05) is 0 Å². The van der Waals surface area contributed by atoms with Crippen molar-refractivity contribution in [2.75, 3.05) is 43.9 Å². The Morgan fingerprint density at radius 3 is 2.29 bits per heavy atom. The first kappa shape index (κ1) is 17.5. The lowest BCUT2D eigenvalue weighted by Gasteiger charge is -2.18. The quantitative estimate of drug-likeness (QED) is 0.723. The van der Waals surface area contributed by atoms with Gasteiger partial charge in [-0.3, -0.25) is 0 Å². The molecule has 1 aromatic rings. The van der Waals surface area contributed by atoms with Crippen molar-refractivity contribution in [2.24, 2.45) is 0 Å². The number of rotatable bonds is 8. The maximum Gasteiger partial charge on any atom is 0.451 e. The molecule has 0 saturated heterocycles. The third kappa shape index (κ3) is 5.74. The monoisotopic (exact) mass is 305 g/mol. The summed E-state index contributed by atoms with van der Waals surface area (Å²) in [6.07, 6.45) is -3.72. The van der Waals surface area contributed by atoms with Crippen LogP contribution in [0.1, 0.15) is 26.1 Å². The van der Waals surface area contributed by atoms with Crippen molar-refractivity contribution in [2.45, 2.75) is 26.4 Å². The molecule has 1 aromatic heterocycles. The molecule has 5 nitrogen and oxygen atoms in total. The van der Waals surface area contributed by atoms with Gasteiger partial charge in [0.15, 0.2) is 0 Å². The van der Waals surface area contributed by atoms with E-state index < -0.39 is 12.0 Å². The van der Waals surface area contributed by atoms with Gasteiger partial charge in [0, 0.05) is 19.7 Å². The fourth-order valence-electron chi connectivity index (χ4n) is 1.85. The molecule has 0 amide bonds. The highest BCUT2D eigenvalue weighted by Crippen LogP contribution is 2.28. The van der Waals surface area contributed by atoms with Crippen LogP contribution in [-0.2, 0) is 6.18 Å². The van der Waals surface area contributed by atoms with Gasteiger partial charge in [-0.15, -0.1) is 0 Å². The first-order chi connectivity index (χ1) is 9.90. The molecule has 0 saturated carbocycles. The molecule has 0 aliphatic carbocycles. The van der Waals surface area contributed by atoms with Gasteiger partial charge in [0.2, 0.25) is 5.82 Å². The Hall–Kier alpha value is -1.57. The molecule has 120 valence electrons. The Labute approximate surface area is 123 Å². The van der Waals surface area contributed by atoms with Crippen LogP contribution in [0.3, 0.4) is 0 Å².